The quantitative estimate of drug-likeness (QED) is 0.227. The fourth-order valence-corrected chi connectivity index (χ4v) is 0. The van der Waals surface area contributed by atoms with E-state index in [-0.39, 0.29) is 36.4 Å². The fourth-order valence-electron chi connectivity index (χ4n) is 0. The molecule has 1 radical (unpaired) electrons. The molecule has 0 atom stereocenters. The summed E-state index contributed by atoms with van der Waals surface area (Å²) < 4.78 is 0. The molecule has 0 unspecified atom stereocenters. The second-order valence-corrected chi connectivity index (χ2v) is 17.1. The van der Waals surface area contributed by atoms with Gasteiger partial charge in [-0.15, -0.1) is 0 Å². The Labute approximate surface area is 76.7 Å². The van der Waals surface area contributed by atoms with Crippen LogP contribution in [0.3, 0.4) is 0 Å². The van der Waals surface area contributed by atoms with Gasteiger partial charge >= 0.3 is 43.4 Å². The van der Waals surface area contributed by atoms with Crippen molar-refractivity contribution >= 4 is 49.7 Å². The maximum atomic E-state index is 5.86. The van der Waals surface area contributed by atoms with Crippen LogP contribution in [0, 0.1) is 5.41 Å². The summed E-state index contributed by atoms with van der Waals surface area (Å²) in [5.74, 6) is 0. The fraction of sp³-hybridized carbons (Fsp3) is 0. The van der Waals surface area contributed by atoms with Crippen LogP contribution >= 0.6 is 24.0 Å². The van der Waals surface area contributed by atoms with Crippen molar-refractivity contribution in [3.63, 3.8) is 0 Å². The molecular weight excluding hydrogens is 487 g/mol. The van der Waals surface area contributed by atoms with E-state index in [1.54, 1.807) is 0 Å². The summed E-state index contributed by atoms with van der Waals surface area (Å²) in [4.78, 5) is 0. The molecule has 0 spiro atoms. The Bertz CT molecular complexity index is 26.9. The van der Waals surface area contributed by atoms with Gasteiger partial charge in [-0.05, 0) is 0 Å². The van der Waals surface area contributed by atoms with E-state index in [1.807, 2.05) is 0 Å². The van der Waals surface area contributed by atoms with Crippen LogP contribution in [0.25, 0.3) is 0 Å². The predicted octanol–water partition coefficient (Wildman–Crippen LogP) is -2.13. The Morgan fingerprint density at radius 1 is 1.57 bits per heavy atom. The van der Waals surface area contributed by atoms with Crippen LogP contribution in [-0.2, 0) is 0 Å². The molecule has 0 aliphatic rings. The van der Waals surface area contributed by atoms with Crippen molar-refractivity contribution in [3.8, 4) is 0 Å². The van der Waals surface area contributed by atoms with Gasteiger partial charge in [-0.25, -0.2) is 0 Å². The topological polar surface area (TPSA) is 49.9 Å². The van der Waals surface area contributed by atoms with Gasteiger partial charge in [-0.2, -0.15) is 0 Å². The van der Waals surface area contributed by atoms with Crippen molar-refractivity contribution in [3.05, 3.63) is 0 Å². The molecule has 0 aromatic carbocycles. The van der Waals surface area contributed by atoms with Gasteiger partial charge in [-0.3, -0.25) is 5.41 Å². The molecule has 0 saturated carbocycles. The molecule has 0 aromatic rings. The van der Waals surface area contributed by atoms with Gasteiger partial charge in [0.2, 0.25) is 0 Å². The van der Waals surface area contributed by atoms with E-state index in [0.717, 1.165) is 6.34 Å². The number of nitrogens with one attached hydrogen (secondary N) is 1. The van der Waals surface area contributed by atoms with E-state index in [4.69, 9.17) is 5.41 Å². The number of hydrogen-bond acceptors (Lipinski definition) is 1. The average Bonchev–Trinajstić information content (AvgIpc) is 1.39. The molecule has 0 aromatic heterocycles. The molecule has 7 heavy (non-hydrogen) atoms. The Morgan fingerprint density at radius 2 is 1.57 bits per heavy atom. The van der Waals surface area contributed by atoms with Crippen molar-refractivity contribution < 1.29 is 17.0 Å². The van der Waals surface area contributed by atoms with E-state index >= 15 is 0 Å². The zero-order chi connectivity index (χ0) is 5.41. The van der Waals surface area contributed by atoms with Crippen LogP contribution in [0.5, 0.6) is 0 Å². The first-order valence-corrected chi connectivity index (χ1v) is 17.9. The van der Waals surface area contributed by atoms with E-state index < -0.39 is 0 Å². The molecule has 0 saturated heterocycles. The third-order valence-corrected chi connectivity index (χ3v) is 0. The molecule has 2 nitrogen and oxygen atoms in total. The van der Waals surface area contributed by atoms with Crippen molar-refractivity contribution in [2.45, 2.75) is 0 Å². The zero-order valence-electron chi connectivity index (χ0n) is 3.29. The number of nitrogens with two attached hydrogens (primary N) is 1. The van der Waals surface area contributed by atoms with Crippen LogP contribution in [0.2, 0.25) is 0 Å². The van der Waals surface area contributed by atoms with Crippen LogP contribution < -0.4 is 22.7 Å². The third-order valence-electron chi connectivity index (χ3n) is 0. The first-order chi connectivity index (χ1) is 2.83. The third kappa shape index (κ3) is 79.4. The minimum absolute atomic E-state index is 0. The number of rotatable bonds is 0. The second-order valence-electron chi connectivity index (χ2n) is 0.238. The summed E-state index contributed by atoms with van der Waals surface area (Å²) in [5, 5.41) is 5.86. The molecule has 6 heteroatoms. The Hall–Kier alpha value is 1.83. The minimum atomic E-state index is -0.292. The Morgan fingerprint density at radius 3 is 1.57 bits per heavy atom. The molecule has 0 amide bonds. The Balaban J connectivity index is -0.0000000400. The van der Waals surface area contributed by atoms with Gasteiger partial charge in [-0.1, -0.05) is 0 Å². The van der Waals surface area contributed by atoms with Gasteiger partial charge < -0.3 is 22.7 Å². The summed E-state index contributed by atoms with van der Waals surface area (Å²) in [7, 11) is 0. The van der Waals surface area contributed by atoms with Crippen LogP contribution in [0.4, 0.5) is 0 Å². The van der Waals surface area contributed by atoms with Crippen LogP contribution in [0.1, 0.15) is 0 Å². The molecule has 3 N–H and O–H groups in total. The molecule has 0 rings (SSSR count). The van der Waals surface area contributed by atoms with Crippen molar-refractivity contribution in [2.75, 3.05) is 0 Å². The SMILES string of the molecule is N=CN.[Br-].[Br][Pb+][Br]. The predicted molar refractivity (Wildman–Crippen MR) is 36.6 cm³/mol. The molecule has 0 aliphatic heterocycles. The van der Waals surface area contributed by atoms with Gasteiger partial charge in [0.05, 0.1) is 6.34 Å². The van der Waals surface area contributed by atoms with E-state index in [9.17, 15) is 0 Å². The average molecular weight is 491 g/mol. The molecule has 0 bridgehead atoms. The molecular formula is CH4Br3N2Pb. The van der Waals surface area contributed by atoms with Crippen molar-refractivity contribution in [1.29, 1.82) is 5.41 Å². The van der Waals surface area contributed by atoms with Crippen LogP contribution in [0.15, 0.2) is 0 Å². The number of halogens is 3. The van der Waals surface area contributed by atoms with Crippen molar-refractivity contribution in [2.24, 2.45) is 5.73 Å². The second kappa shape index (κ2) is 24.9. The summed E-state index contributed by atoms with van der Waals surface area (Å²) >= 11 is 6.22. The first kappa shape index (κ1) is 15.9. The normalized spacial score (nSPS) is 3.71. The Kier molecular flexibility index (Phi) is 56.6. The van der Waals surface area contributed by atoms with Gasteiger partial charge in [0.1, 0.15) is 0 Å². The van der Waals surface area contributed by atoms with E-state index in [1.165, 1.54) is 0 Å². The summed E-state index contributed by atoms with van der Waals surface area (Å²) in [6.45, 7) is 0. The monoisotopic (exact) mass is 489 g/mol. The van der Waals surface area contributed by atoms with Crippen LogP contribution in [-0.4, -0.2) is 25.8 Å². The van der Waals surface area contributed by atoms with Gasteiger partial charge in [0.25, 0.3) is 0 Å². The summed E-state index contributed by atoms with van der Waals surface area (Å²) in [5.41, 5.74) is 4.39. The summed E-state index contributed by atoms with van der Waals surface area (Å²) in [6, 6.07) is 0. The maximum absolute atomic E-state index is 5.86. The zero-order valence-corrected chi connectivity index (χ0v) is 11.9. The molecule has 0 aliphatic carbocycles. The van der Waals surface area contributed by atoms with Gasteiger partial charge in [0, 0.05) is 0 Å². The summed E-state index contributed by atoms with van der Waals surface area (Å²) in [6.07, 6.45) is 0.750. The van der Waals surface area contributed by atoms with Crippen molar-refractivity contribution in [1.82, 2.24) is 0 Å². The first-order valence-electron chi connectivity index (χ1n) is 1.000. The molecule has 43 valence electrons. The van der Waals surface area contributed by atoms with Gasteiger partial charge in [0.15, 0.2) is 0 Å². The molecule has 0 heterocycles. The van der Waals surface area contributed by atoms with E-state index in [0.29, 0.717) is 0 Å². The molecule has 0 fully saturated rings. The number of hydrogen-bond donors (Lipinski definition) is 2. The standard InChI is InChI=1S/CH4N2.3BrH.Pb/c2-1-3;;;;/h1H,(H3,2,3);3*1H;/q;;;;+3/p-3. The van der Waals surface area contributed by atoms with E-state index in [2.05, 4.69) is 29.7 Å².